The number of carboxylic acid groups (broad SMARTS) is 1. The molecular weight excluding hydrogens is 352 g/mol. The number of nitrogens with one attached hydrogen (secondary N) is 1. The first-order valence-electron chi connectivity index (χ1n) is 8.36. The highest BCUT2D eigenvalue weighted by molar-refractivity contribution is 6.30. The van der Waals surface area contributed by atoms with Crippen molar-refractivity contribution in [1.82, 2.24) is 10.4 Å². The van der Waals surface area contributed by atoms with E-state index in [2.05, 4.69) is 5.43 Å². The van der Waals surface area contributed by atoms with Crippen molar-refractivity contribution in [1.29, 1.82) is 0 Å². The second kappa shape index (κ2) is 8.06. The zero-order chi connectivity index (χ0) is 18.5. The number of halogens is 1. The van der Waals surface area contributed by atoms with Crippen LogP contribution in [0.4, 0.5) is 0 Å². The number of aliphatic carboxylic acids is 1. The van der Waals surface area contributed by atoms with E-state index in [4.69, 9.17) is 11.6 Å². The van der Waals surface area contributed by atoms with E-state index in [1.165, 1.54) is 0 Å². The van der Waals surface area contributed by atoms with Crippen LogP contribution in [-0.4, -0.2) is 16.9 Å². The maximum atomic E-state index is 12.6. The van der Waals surface area contributed by atoms with Gasteiger partial charge in [0, 0.05) is 17.4 Å². The third-order valence-electron chi connectivity index (χ3n) is 4.18. The molecule has 0 radical (unpaired) electrons. The van der Waals surface area contributed by atoms with Gasteiger partial charge in [-0.15, -0.1) is 0 Å². The molecule has 134 valence electrons. The Kier molecular flexibility index (Phi) is 5.58. The van der Waals surface area contributed by atoms with E-state index in [0.717, 1.165) is 16.8 Å². The Bertz CT molecular complexity index is 819. The molecule has 0 fully saturated rings. The fourth-order valence-corrected chi connectivity index (χ4v) is 3.00. The highest BCUT2D eigenvalue weighted by Gasteiger charge is 2.30. The monoisotopic (exact) mass is 369 g/mol. The van der Waals surface area contributed by atoms with E-state index in [1.807, 2.05) is 48.5 Å². The van der Waals surface area contributed by atoms with Crippen LogP contribution in [0.3, 0.4) is 0 Å². The molecule has 2 aromatic carbocycles. The van der Waals surface area contributed by atoms with Gasteiger partial charge in [-0.25, -0.2) is 5.01 Å². The van der Waals surface area contributed by atoms with Crippen LogP contribution in [0.15, 0.2) is 60.7 Å². The predicted molar refractivity (Wildman–Crippen MR) is 97.5 cm³/mol. The standard InChI is InChI=1S/C20H19ClN2O3/c21-16-11-9-15(10-12-16)18-13-17(14-5-2-1-3-6-14)22-23(18)19(24)7-4-8-20(25)26/h1-3,5-6,9-13,18,22H,4,7-8H2,(H,25,26)/p-1/t18-/m0/s1. The summed E-state index contributed by atoms with van der Waals surface area (Å²) in [5, 5.41) is 12.7. The number of carboxylic acids is 1. The molecule has 1 atom stereocenters. The van der Waals surface area contributed by atoms with Gasteiger partial charge in [-0.1, -0.05) is 54.1 Å². The van der Waals surface area contributed by atoms with Crippen LogP contribution >= 0.6 is 11.6 Å². The predicted octanol–water partition coefficient (Wildman–Crippen LogP) is 2.69. The van der Waals surface area contributed by atoms with Gasteiger partial charge in [-0.3, -0.25) is 10.2 Å². The van der Waals surface area contributed by atoms with Gasteiger partial charge in [0.2, 0.25) is 5.91 Å². The van der Waals surface area contributed by atoms with E-state index in [1.54, 1.807) is 17.1 Å². The van der Waals surface area contributed by atoms with Crippen molar-refractivity contribution in [3.63, 3.8) is 0 Å². The van der Waals surface area contributed by atoms with Gasteiger partial charge in [-0.2, -0.15) is 0 Å². The summed E-state index contributed by atoms with van der Waals surface area (Å²) in [6.45, 7) is 0. The van der Waals surface area contributed by atoms with Gasteiger partial charge in [0.05, 0.1) is 11.7 Å². The average molecular weight is 370 g/mol. The van der Waals surface area contributed by atoms with Crippen molar-refractivity contribution in [2.45, 2.75) is 25.3 Å². The Morgan fingerprint density at radius 1 is 1.04 bits per heavy atom. The van der Waals surface area contributed by atoms with Gasteiger partial charge in [0.15, 0.2) is 0 Å². The summed E-state index contributed by atoms with van der Waals surface area (Å²) in [5.74, 6) is -1.32. The van der Waals surface area contributed by atoms with Crippen LogP contribution in [0, 0.1) is 0 Å². The van der Waals surface area contributed by atoms with Crippen LogP contribution in [0.5, 0.6) is 0 Å². The van der Waals surface area contributed by atoms with Gasteiger partial charge >= 0.3 is 0 Å². The highest BCUT2D eigenvalue weighted by atomic mass is 35.5. The maximum Gasteiger partial charge on any atom is 0.241 e. The zero-order valence-electron chi connectivity index (χ0n) is 14.0. The summed E-state index contributed by atoms with van der Waals surface area (Å²) in [6, 6.07) is 16.7. The number of nitrogens with zero attached hydrogens (tertiary/aromatic N) is 1. The Morgan fingerprint density at radius 3 is 2.38 bits per heavy atom. The molecule has 1 amide bonds. The molecule has 26 heavy (non-hydrogen) atoms. The van der Waals surface area contributed by atoms with Gasteiger partial charge in [0.25, 0.3) is 0 Å². The van der Waals surface area contributed by atoms with Gasteiger partial charge in [0.1, 0.15) is 0 Å². The van der Waals surface area contributed by atoms with E-state index in [9.17, 15) is 14.7 Å². The summed E-state index contributed by atoms with van der Waals surface area (Å²) in [4.78, 5) is 23.2. The quantitative estimate of drug-likeness (QED) is 0.849. The third kappa shape index (κ3) is 4.24. The third-order valence-corrected chi connectivity index (χ3v) is 4.43. The molecule has 0 aromatic heterocycles. The fraction of sp³-hybridized carbons (Fsp3) is 0.200. The minimum absolute atomic E-state index is 0.126. The van der Waals surface area contributed by atoms with E-state index in [-0.39, 0.29) is 31.2 Å². The Labute approximate surface area is 156 Å². The Morgan fingerprint density at radius 2 is 1.73 bits per heavy atom. The molecule has 2 aromatic rings. The molecule has 1 aliphatic rings. The summed E-state index contributed by atoms with van der Waals surface area (Å²) < 4.78 is 0. The molecule has 0 saturated heterocycles. The molecule has 1 N–H and O–H groups in total. The van der Waals surface area contributed by atoms with Crippen molar-refractivity contribution in [2.24, 2.45) is 0 Å². The average Bonchev–Trinajstić information content (AvgIpc) is 3.08. The van der Waals surface area contributed by atoms with Gasteiger partial charge < -0.3 is 9.90 Å². The summed E-state index contributed by atoms with van der Waals surface area (Å²) in [6.07, 6.45) is 2.22. The molecule has 0 saturated carbocycles. The number of benzene rings is 2. The van der Waals surface area contributed by atoms with E-state index in [0.29, 0.717) is 5.02 Å². The lowest BCUT2D eigenvalue weighted by molar-refractivity contribution is -0.305. The van der Waals surface area contributed by atoms with Crippen molar-refractivity contribution in [2.75, 3.05) is 0 Å². The number of carbonyl (C=O) groups excluding carboxylic acids is 2. The number of carbonyl (C=O) groups is 2. The first kappa shape index (κ1) is 18.0. The Balaban J connectivity index is 1.83. The van der Waals surface area contributed by atoms with Crippen LogP contribution in [0.2, 0.25) is 5.02 Å². The largest absolute Gasteiger partial charge is 0.550 e. The zero-order valence-corrected chi connectivity index (χ0v) is 14.8. The first-order chi connectivity index (χ1) is 12.5. The smallest absolute Gasteiger partial charge is 0.241 e. The molecule has 0 spiro atoms. The normalized spacial score (nSPS) is 16.1. The number of hydrazine groups is 1. The molecule has 6 heteroatoms. The summed E-state index contributed by atoms with van der Waals surface area (Å²) in [5.41, 5.74) is 5.88. The molecule has 1 heterocycles. The van der Waals surface area contributed by atoms with Crippen LogP contribution in [-0.2, 0) is 9.59 Å². The highest BCUT2D eigenvalue weighted by Crippen LogP contribution is 2.32. The number of rotatable bonds is 6. The molecule has 5 nitrogen and oxygen atoms in total. The second-order valence-corrected chi connectivity index (χ2v) is 6.48. The Hall–Kier alpha value is -2.79. The molecule has 3 rings (SSSR count). The maximum absolute atomic E-state index is 12.6. The molecule has 1 aliphatic heterocycles. The van der Waals surface area contributed by atoms with Crippen LogP contribution < -0.4 is 10.5 Å². The summed E-state index contributed by atoms with van der Waals surface area (Å²) in [7, 11) is 0. The van der Waals surface area contributed by atoms with Crippen LogP contribution in [0.25, 0.3) is 5.70 Å². The van der Waals surface area contributed by atoms with Crippen LogP contribution in [0.1, 0.15) is 36.4 Å². The van der Waals surface area contributed by atoms with Crippen molar-refractivity contribution < 1.29 is 14.7 Å². The molecule has 0 bridgehead atoms. The van der Waals surface area contributed by atoms with Gasteiger partial charge in [-0.05, 0) is 42.2 Å². The minimum atomic E-state index is -1.15. The van der Waals surface area contributed by atoms with Crippen molar-refractivity contribution in [3.05, 3.63) is 76.8 Å². The number of hydrogen-bond acceptors (Lipinski definition) is 4. The lowest BCUT2D eigenvalue weighted by Crippen LogP contribution is -2.39. The van der Waals surface area contributed by atoms with Crippen molar-refractivity contribution in [3.8, 4) is 0 Å². The lowest BCUT2D eigenvalue weighted by atomic mass is 10.0. The minimum Gasteiger partial charge on any atom is -0.550 e. The summed E-state index contributed by atoms with van der Waals surface area (Å²) >= 11 is 5.97. The first-order valence-corrected chi connectivity index (χ1v) is 8.73. The molecular formula is C20H18ClN2O3-. The van der Waals surface area contributed by atoms with E-state index >= 15 is 0 Å². The topological polar surface area (TPSA) is 72.5 Å². The lowest BCUT2D eigenvalue weighted by Gasteiger charge is -2.25. The number of hydrogen-bond donors (Lipinski definition) is 1. The van der Waals surface area contributed by atoms with E-state index < -0.39 is 5.97 Å². The molecule has 0 unspecified atom stereocenters. The molecule has 0 aliphatic carbocycles. The fourth-order valence-electron chi connectivity index (χ4n) is 2.87. The number of amides is 1. The second-order valence-electron chi connectivity index (χ2n) is 6.04. The SMILES string of the molecule is O=C([O-])CCCC(=O)N1NC(c2ccccc2)=C[C@H]1c1ccc(Cl)cc1. The van der Waals surface area contributed by atoms with Crippen molar-refractivity contribution >= 4 is 29.2 Å².